The second-order valence-electron chi connectivity index (χ2n) is 6.67. The predicted molar refractivity (Wildman–Crippen MR) is 120 cm³/mol. The van der Waals surface area contributed by atoms with Crippen LogP contribution < -0.4 is 9.47 Å². The number of hydrogen-bond donors (Lipinski definition) is 1. The van der Waals surface area contributed by atoms with Crippen molar-refractivity contribution in [1.29, 1.82) is 0 Å². The fraction of sp³-hybridized carbons (Fsp3) is 0.182. The molecular formula is C22H18ClNO8S. The Hall–Kier alpha value is -3.50. The van der Waals surface area contributed by atoms with Gasteiger partial charge >= 0.3 is 11.9 Å². The van der Waals surface area contributed by atoms with Crippen LogP contribution in [0.3, 0.4) is 0 Å². The Morgan fingerprint density at radius 1 is 1.15 bits per heavy atom. The minimum atomic E-state index is -1.02. The Balaban J connectivity index is 1.79. The molecule has 0 saturated carbocycles. The molecule has 33 heavy (non-hydrogen) atoms. The van der Waals surface area contributed by atoms with Crippen LogP contribution in [0.1, 0.15) is 21.5 Å². The third kappa shape index (κ3) is 5.65. The summed E-state index contributed by atoms with van der Waals surface area (Å²) in [5, 5.41) is 8.60. The van der Waals surface area contributed by atoms with Gasteiger partial charge in [0.1, 0.15) is 13.2 Å². The number of benzene rings is 2. The highest BCUT2D eigenvalue weighted by molar-refractivity contribution is 8.18. The van der Waals surface area contributed by atoms with Crippen molar-refractivity contribution in [2.45, 2.75) is 6.61 Å². The zero-order valence-electron chi connectivity index (χ0n) is 17.5. The number of carboxylic acid groups (broad SMARTS) is 1. The lowest BCUT2D eigenvalue weighted by molar-refractivity contribution is -0.143. The molecular weight excluding hydrogens is 474 g/mol. The number of rotatable bonds is 8. The van der Waals surface area contributed by atoms with E-state index < -0.39 is 29.6 Å². The molecule has 0 aliphatic carbocycles. The van der Waals surface area contributed by atoms with Crippen LogP contribution in [0, 0.1) is 0 Å². The zero-order valence-corrected chi connectivity index (χ0v) is 19.1. The van der Waals surface area contributed by atoms with E-state index in [0.29, 0.717) is 23.1 Å². The first-order valence-electron chi connectivity index (χ1n) is 9.38. The molecule has 2 aromatic rings. The van der Waals surface area contributed by atoms with E-state index in [9.17, 15) is 19.2 Å². The molecule has 1 N–H and O–H groups in total. The maximum absolute atomic E-state index is 12.5. The van der Waals surface area contributed by atoms with Crippen molar-refractivity contribution in [2.75, 3.05) is 20.8 Å². The highest BCUT2D eigenvalue weighted by Crippen LogP contribution is 2.39. The van der Waals surface area contributed by atoms with Gasteiger partial charge in [-0.05, 0) is 53.2 Å². The van der Waals surface area contributed by atoms with Crippen molar-refractivity contribution in [3.8, 4) is 11.5 Å². The lowest BCUT2D eigenvalue weighted by Gasteiger charge is -2.14. The SMILES string of the molecule is COC(=O)CN1C(=O)S/C(=C/c2cc(Cl)c(OCc3ccc(C(=O)O)cc3)c(OC)c2)C1=O. The smallest absolute Gasteiger partial charge is 0.335 e. The molecule has 9 nitrogen and oxygen atoms in total. The van der Waals surface area contributed by atoms with Crippen LogP contribution in [0.4, 0.5) is 4.79 Å². The lowest BCUT2D eigenvalue weighted by Crippen LogP contribution is -2.34. The Morgan fingerprint density at radius 2 is 1.85 bits per heavy atom. The Labute approximate surface area is 197 Å². The standard InChI is InChI=1S/C22H18ClNO8S/c1-30-16-8-13(9-17-20(26)24(22(29)33-17)10-18(25)31-2)7-15(23)19(16)32-11-12-3-5-14(6-4-12)21(27)28/h3-9H,10-11H2,1-2H3,(H,27,28)/b17-9+. The highest BCUT2D eigenvalue weighted by atomic mass is 35.5. The van der Waals surface area contributed by atoms with E-state index in [1.807, 2.05) is 0 Å². The molecule has 1 heterocycles. The Morgan fingerprint density at radius 3 is 2.45 bits per heavy atom. The molecule has 1 aliphatic heterocycles. The van der Waals surface area contributed by atoms with Gasteiger partial charge in [-0.25, -0.2) is 4.79 Å². The maximum Gasteiger partial charge on any atom is 0.335 e. The van der Waals surface area contributed by atoms with Gasteiger partial charge < -0.3 is 19.3 Å². The number of aromatic carboxylic acids is 1. The van der Waals surface area contributed by atoms with Crippen molar-refractivity contribution in [3.05, 3.63) is 63.0 Å². The zero-order chi connectivity index (χ0) is 24.1. The second-order valence-corrected chi connectivity index (χ2v) is 8.07. The predicted octanol–water partition coefficient (Wildman–Crippen LogP) is 3.84. The summed E-state index contributed by atoms with van der Waals surface area (Å²) in [6, 6.07) is 9.32. The first-order chi connectivity index (χ1) is 15.7. The fourth-order valence-electron chi connectivity index (χ4n) is 2.84. The van der Waals surface area contributed by atoms with E-state index in [-0.39, 0.29) is 27.8 Å². The van der Waals surface area contributed by atoms with Gasteiger partial charge in [-0.2, -0.15) is 0 Å². The third-order valence-corrected chi connectivity index (χ3v) is 5.71. The molecule has 0 bridgehead atoms. The van der Waals surface area contributed by atoms with E-state index in [4.69, 9.17) is 26.2 Å². The van der Waals surface area contributed by atoms with Gasteiger partial charge in [-0.1, -0.05) is 23.7 Å². The number of carbonyl (C=O) groups is 4. The van der Waals surface area contributed by atoms with Gasteiger partial charge in [0.25, 0.3) is 11.1 Å². The van der Waals surface area contributed by atoms with Gasteiger partial charge in [-0.15, -0.1) is 0 Å². The van der Waals surface area contributed by atoms with E-state index in [0.717, 1.165) is 10.5 Å². The number of thioether (sulfide) groups is 1. The molecule has 0 unspecified atom stereocenters. The van der Waals surface area contributed by atoms with Crippen LogP contribution in [0.15, 0.2) is 41.3 Å². The molecule has 1 aliphatic rings. The first kappa shape index (κ1) is 24.1. The highest BCUT2D eigenvalue weighted by Gasteiger charge is 2.36. The number of nitrogens with zero attached hydrogens (tertiary/aromatic N) is 1. The van der Waals surface area contributed by atoms with Crippen molar-refractivity contribution in [3.63, 3.8) is 0 Å². The second kappa shape index (κ2) is 10.4. The van der Waals surface area contributed by atoms with E-state index in [1.165, 1.54) is 32.4 Å². The topological polar surface area (TPSA) is 119 Å². The summed E-state index contributed by atoms with van der Waals surface area (Å²) in [5.74, 6) is -1.79. The minimum Gasteiger partial charge on any atom is -0.493 e. The average molecular weight is 492 g/mol. The van der Waals surface area contributed by atoms with Crippen LogP contribution in [-0.2, 0) is 20.9 Å². The number of amides is 2. The van der Waals surface area contributed by atoms with Crippen molar-refractivity contribution in [1.82, 2.24) is 4.90 Å². The maximum atomic E-state index is 12.5. The summed E-state index contributed by atoms with van der Waals surface area (Å²) in [7, 11) is 2.59. The van der Waals surface area contributed by atoms with Crippen LogP contribution in [0.5, 0.6) is 11.5 Å². The van der Waals surface area contributed by atoms with Crippen molar-refractivity contribution in [2.24, 2.45) is 0 Å². The summed E-state index contributed by atoms with van der Waals surface area (Å²) in [6.45, 7) is -0.357. The number of imide groups is 1. The molecule has 1 fully saturated rings. The molecule has 0 spiro atoms. The van der Waals surface area contributed by atoms with Gasteiger partial charge in [0.05, 0.1) is 29.7 Å². The summed E-state index contributed by atoms with van der Waals surface area (Å²) >= 11 is 7.07. The number of halogens is 1. The van der Waals surface area contributed by atoms with E-state index in [1.54, 1.807) is 24.3 Å². The molecule has 2 aromatic carbocycles. The van der Waals surface area contributed by atoms with Crippen LogP contribution in [0.2, 0.25) is 5.02 Å². The number of methoxy groups -OCH3 is 2. The molecule has 172 valence electrons. The van der Waals surface area contributed by atoms with Gasteiger partial charge in [0.2, 0.25) is 0 Å². The lowest BCUT2D eigenvalue weighted by atomic mass is 10.1. The molecule has 2 amide bonds. The van der Waals surface area contributed by atoms with Gasteiger partial charge in [0, 0.05) is 0 Å². The van der Waals surface area contributed by atoms with E-state index >= 15 is 0 Å². The number of carboxylic acids is 1. The number of esters is 1. The van der Waals surface area contributed by atoms with Gasteiger partial charge in [0.15, 0.2) is 11.5 Å². The molecule has 1 saturated heterocycles. The quantitative estimate of drug-likeness (QED) is 0.433. The molecule has 3 rings (SSSR count). The largest absolute Gasteiger partial charge is 0.493 e. The average Bonchev–Trinajstić information content (AvgIpc) is 3.05. The Kier molecular flexibility index (Phi) is 7.62. The number of carbonyl (C=O) groups excluding carboxylic acids is 3. The molecule has 0 aromatic heterocycles. The molecule has 11 heteroatoms. The van der Waals surface area contributed by atoms with Crippen LogP contribution >= 0.6 is 23.4 Å². The van der Waals surface area contributed by atoms with Crippen LogP contribution in [-0.4, -0.2) is 53.9 Å². The van der Waals surface area contributed by atoms with Crippen LogP contribution in [0.25, 0.3) is 6.08 Å². The normalized spacial score (nSPS) is 14.5. The molecule has 0 radical (unpaired) electrons. The number of ether oxygens (including phenoxy) is 3. The number of hydrogen-bond acceptors (Lipinski definition) is 8. The fourth-order valence-corrected chi connectivity index (χ4v) is 3.96. The van der Waals surface area contributed by atoms with Crippen molar-refractivity contribution >= 4 is 52.5 Å². The van der Waals surface area contributed by atoms with E-state index in [2.05, 4.69) is 4.74 Å². The summed E-state index contributed by atoms with van der Waals surface area (Å²) < 4.78 is 15.6. The summed E-state index contributed by atoms with van der Waals surface area (Å²) in [4.78, 5) is 47.9. The Bertz CT molecular complexity index is 1150. The first-order valence-corrected chi connectivity index (χ1v) is 10.6. The summed E-state index contributed by atoms with van der Waals surface area (Å²) in [6.07, 6.45) is 1.46. The van der Waals surface area contributed by atoms with Crippen molar-refractivity contribution < 1.29 is 38.5 Å². The minimum absolute atomic E-state index is 0.113. The summed E-state index contributed by atoms with van der Waals surface area (Å²) in [5.41, 5.74) is 1.37. The molecule has 0 atom stereocenters. The monoisotopic (exact) mass is 491 g/mol. The third-order valence-electron chi connectivity index (χ3n) is 4.52. The van der Waals surface area contributed by atoms with Gasteiger partial charge in [-0.3, -0.25) is 19.3 Å².